The van der Waals surface area contributed by atoms with Gasteiger partial charge in [0.15, 0.2) is 6.10 Å². The first-order valence-corrected chi connectivity index (χ1v) is 7.17. The molecule has 0 aliphatic carbocycles. The van der Waals surface area contributed by atoms with Crippen LogP contribution in [0.4, 0.5) is 11.4 Å². The van der Waals surface area contributed by atoms with Crippen molar-refractivity contribution in [3.8, 4) is 6.07 Å². The molecule has 8 nitrogen and oxygen atoms in total. The number of hydrogen-bond donors (Lipinski definition) is 1. The minimum atomic E-state index is -1.13. The molecule has 1 N–H and O–H groups in total. The zero-order chi connectivity index (χ0) is 18.4. The molecule has 2 aromatic rings. The van der Waals surface area contributed by atoms with Crippen LogP contribution in [0.1, 0.15) is 22.8 Å². The van der Waals surface area contributed by atoms with Crippen LogP contribution in [0.2, 0.25) is 0 Å². The number of ether oxygens (including phenoxy) is 1. The Morgan fingerprint density at radius 1 is 1.24 bits per heavy atom. The zero-order valence-electron chi connectivity index (χ0n) is 13.1. The molecular formula is C17H13N3O5. The first-order valence-electron chi connectivity index (χ1n) is 7.17. The molecule has 8 heteroatoms. The molecular weight excluding hydrogens is 326 g/mol. The summed E-state index contributed by atoms with van der Waals surface area (Å²) >= 11 is 0. The number of nitriles is 1. The Bertz CT molecular complexity index is 873. The monoisotopic (exact) mass is 339 g/mol. The fraction of sp³-hybridized carbons (Fsp3) is 0.118. The molecule has 2 aromatic carbocycles. The highest BCUT2D eigenvalue weighted by molar-refractivity contribution is 5.97. The predicted octanol–water partition coefficient (Wildman–Crippen LogP) is 2.65. The number of rotatable bonds is 5. The van der Waals surface area contributed by atoms with E-state index >= 15 is 0 Å². The fourth-order valence-corrected chi connectivity index (χ4v) is 1.94. The van der Waals surface area contributed by atoms with E-state index in [2.05, 4.69) is 5.32 Å². The fourth-order valence-electron chi connectivity index (χ4n) is 1.94. The summed E-state index contributed by atoms with van der Waals surface area (Å²) in [6.45, 7) is 1.37. The van der Waals surface area contributed by atoms with Gasteiger partial charge in [-0.15, -0.1) is 0 Å². The molecule has 0 fully saturated rings. The van der Waals surface area contributed by atoms with Gasteiger partial charge in [0.1, 0.15) is 0 Å². The van der Waals surface area contributed by atoms with Crippen LogP contribution in [0, 0.1) is 21.4 Å². The van der Waals surface area contributed by atoms with Crippen LogP contribution in [0.3, 0.4) is 0 Å². The van der Waals surface area contributed by atoms with Gasteiger partial charge in [0.25, 0.3) is 11.6 Å². The minimum Gasteiger partial charge on any atom is -0.449 e. The zero-order valence-corrected chi connectivity index (χ0v) is 13.1. The first-order chi connectivity index (χ1) is 11.9. The van der Waals surface area contributed by atoms with Crippen LogP contribution in [-0.4, -0.2) is 22.9 Å². The Morgan fingerprint density at radius 3 is 2.64 bits per heavy atom. The normalized spacial score (nSPS) is 11.0. The number of amides is 1. The summed E-state index contributed by atoms with van der Waals surface area (Å²) < 4.78 is 5.02. The molecule has 0 unspecified atom stereocenters. The van der Waals surface area contributed by atoms with E-state index in [1.807, 2.05) is 6.07 Å². The van der Waals surface area contributed by atoms with E-state index in [9.17, 15) is 19.7 Å². The lowest BCUT2D eigenvalue weighted by molar-refractivity contribution is -0.384. The number of non-ortho nitro benzene ring substituents is 1. The Labute approximate surface area is 142 Å². The molecule has 2 rings (SSSR count). The molecule has 1 atom stereocenters. The van der Waals surface area contributed by atoms with E-state index in [4.69, 9.17) is 10.00 Å². The lowest BCUT2D eigenvalue weighted by atomic mass is 10.2. The molecule has 0 radical (unpaired) electrons. The van der Waals surface area contributed by atoms with Crippen molar-refractivity contribution in [3.63, 3.8) is 0 Å². The quantitative estimate of drug-likeness (QED) is 0.507. The number of esters is 1. The van der Waals surface area contributed by atoms with Gasteiger partial charge in [0, 0.05) is 17.8 Å². The summed E-state index contributed by atoms with van der Waals surface area (Å²) in [5.41, 5.74) is 0.488. The maximum Gasteiger partial charge on any atom is 0.339 e. The Kier molecular flexibility index (Phi) is 5.43. The van der Waals surface area contributed by atoms with Crippen molar-refractivity contribution in [2.24, 2.45) is 0 Å². The molecule has 25 heavy (non-hydrogen) atoms. The van der Waals surface area contributed by atoms with Crippen LogP contribution < -0.4 is 5.32 Å². The third-order valence-corrected chi connectivity index (χ3v) is 3.20. The smallest absolute Gasteiger partial charge is 0.339 e. The van der Waals surface area contributed by atoms with E-state index in [1.165, 1.54) is 31.2 Å². The summed E-state index contributed by atoms with van der Waals surface area (Å²) in [4.78, 5) is 34.2. The number of benzene rings is 2. The average Bonchev–Trinajstić information content (AvgIpc) is 2.61. The molecule has 0 heterocycles. The van der Waals surface area contributed by atoms with Crippen LogP contribution >= 0.6 is 0 Å². The Balaban J connectivity index is 2.03. The number of carbonyl (C=O) groups is 2. The summed E-state index contributed by atoms with van der Waals surface area (Å²) in [6, 6.07) is 13.2. The topological polar surface area (TPSA) is 122 Å². The third-order valence-electron chi connectivity index (χ3n) is 3.20. The number of nitro benzene ring substituents is 1. The van der Waals surface area contributed by atoms with Crippen molar-refractivity contribution in [3.05, 3.63) is 69.8 Å². The van der Waals surface area contributed by atoms with Crippen molar-refractivity contribution in [1.82, 2.24) is 0 Å². The van der Waals surface area contributed by atoms with Crippen molar-refractivity contribution in [1.29, 1.82) is 5.26 Å². The highest BCUT2D eigenvalue weighted by Gasteiger charge is 2.20. The Morgan fingerprint density at radius 2 is 1.96 bits per heavy atom. The second-order valence-corrected chi connectivity index (χ2v) is 5.04. The van der Waals surface area contributed by atoms with Gasteiger partial charge < -0.3 is 10.1 Å². The lowest BCUT2D eigenvalue weighted by Gasteiger charge is -2.13. The molecule has 0 spiro atoms. The van der Waals surface area contributed by atoms with Crippen molar-refractivity contribution >= 4 is 23.3 Å². The number of hydrogen-bond acceptors (Lipinski definition) is 6. The van der Waals surface area contributed by atoms with Gasteiger partial charge in [-0.3, -0.25) is 14.9 Å². The van der Waals surface area contributed by atoms with Gasteiger partial charge in [-0.05, 0) is 31.2 Å². The van der Waals surface area contributed by atoms with Gasteiger partial charge in [-0.1, -0.05) is 12.1 Å². The van der Waals surface area contributed by atoms with Crippen LogP contribution in [-0.2, 0) is 9.53 Å². The van der Waals surface area contributed by atoms with E-state index in [1.54, 1.807) is 18.2 Å². The highest BCUT2D eigenvalue weighted by atomic mass is 16.6. The van der Waals surface area contributed by atoms with Gasteiger partial charge >= 0.3 is 5.97 Å². The SMILES string of the molecule is C[C@@H](OC(=O)c1cccc([N+](=O)[O-])c1)C(=O)Nc1cccc(C#N)c1. The number of nitrogens with one attached hydrogen (secondary N) is 1. The maximum atomic E-state index is 12.1. The van der Waals surface area contributed by atoms with E-state index < -0.39 is 22.9 Å². The maximum absolute atomic E-state index is 12.1. The highest BCUT2D eigenvalue weighted by Crippen LogP contribution is 2.15. The van der Waals surface area contributed by atoms with Crippen molar-refractivity contribution < 1.29 is 19.2 Å². The number of nitro groups is 1. The summed E-state index contributed by atoms with van der Waals surface area (Å²) in [6.07, 6.45) is -1.13. The molecule has 126 valence electrons. The largest absolute Gasteiger partial charge is 0.449 e. The average molecular weight is 339 g/mol. The Hall–Kier alpha value is -3.73. The second kappa shape index (κ2) is 7.70. The van der Waals surface area contributed by atoms with Crippen molar-refractivity contribution in [2.75, 3.05) is 5.32 Å². The predicted molar refractivity (Wildman–Crippen MR) is 87.8 cm³/mol. The number of anilines is 1. The van der Waals surface area contributed by atoms with Gasteiger partial charge in [0.2, 0.25) is 0 Å². The van der Waals surface area contributed by atoms with Crippen molar-refractivity contribution in [2.45, 2.75) is 13.0 Å². The van der Waals surface area contributed by atoms with Crippen LogP contribution in [0.5, 0.6) is 0 Å². The molecule has 0 aliphatic heterocycles. The van der Waals surface area contributed by atoms with Gasteiger partial charge in [-0.2, -0.15) is 5.26 Å². The molecule has 0 saturated carbocycles. The first kappa shape index (κ1) is 17.6. The van der Waals surface area contributed by atoms with E-state index in [-0.39, 0.29) is 11.3 Å². The molecule has 0 saturated heterocycles. The summed E-state index contributed by atoms with van der Waals surface area (Å²) in [5.74, 6) is -1.44. The molecule has 0 aromatic heterocycles. The lowest BCUT2D eigenvalue weighted by Crippen LogP contribution is -2.30. The number of carbonyl (C=O) groups excluding carboxylic acids is 2. The van der Waals surface area contributed by atoms with E-state index in [0.29, 0.717) is 11.3 Å². The standard InChI is InChI=1S/C17H13N3O5/c1-11(16(21)19-14-6-2-4-12(8-14)10-18)25-17(22)13-5-3-7-15(9-13)20(23)24/h2-9,11H,1H3,(H,19,21)/t11-/m1/s1. The van der Waals surface area contributed by atoms with E-state index in [0.717, 1.165) is 6.07 Å². The van der Waals surface area contributed by atoms with Gasteiger partial charge in [-0.25, -0.2) is 4.79 Å². The number of nitrogens with zero attached hydrogens (tertiary/aromatic N) is 2. The van der Waals surface area contributed by atoms with Crippen LogP contribution in [0.15, 0.2) is 48.5 Å². The second-order valence-electron chi connectivity index (χ2n) is 5.04. The molecule has 1 amide bonds. The summed E-state index contributed by atoms with van der Waals surface area (Å²) in [5, 5.41) is 22.1. The molecule has 0 aliphatic rings. The summed E-state index contributed by atoms with van der Waals surface area (Å²) in [7, 11) is 0. The van der Waals surface area contributed by atoms with Gasteiger partial charge in [0.05, 0.1) is 22.1 Å². The van der Waals surface area contributed by atoms with Crippen LogP contribution in [0.25, 0.3) is 0 Å². The third kappa shape index (κ3) is 4.62. The minimum absolute atomic E-state index is 0.0275. The molecule has 0 bridgehead atoms.